The maximum atomic E-state index is 9.32. The van der Waals surface area contributed by atoms with Crippen LogP contribution in [0.4, 0.5) is 0 Å². The maximum absolute atomic E-state index is 9.32. The van der Waals surface area contributed by atoms with E-state index in [1.165, 1.54) is 38.3 Å². The number of rotatable bonds is 9. The first kappa shape index (κ1) is 37.8. The summed E-state index contributed by atoms with van der Waals surface area (Å²) in [6.07, 6.45) is 0. The van der Waals surface area contributed by atoms with Crippen molar-refractivity contribution in [3.8, 4) is 0 Å². The molecule has 0 saturated heterocycles. The Bertz CT molecular complexity index is 1370. The number of ether oxygens (including phenoxy) is 1. The predicted molar refractivity (Wildman–Crippen MR) is 203 cm³/mol. The molecule has 0 fully saturated rings. The van der Waals surface area contributed by atoms with E-state index in [0.717, 1.165) is 5.57 Å². The Kier molecular flexibility index (Phi) is 18.4. The van der Waals surface area contributed by atoms with Gasteiger partial charge in [0.05, 0.1) is 6.61 Å². The van der Waals surface area contributed by atoms with Crippen molar-refractivity contribution in [2.45, 2.75) is 6.92 Å². The normalized spacial score (nSPS) is 9.83. The van der Waals surface area contributed by atoms with Crippen LogP contribution in [0, 0.1) is 0 Å². The van der Waals surface area contributed by atoms with Crippen molar-refractivity contribution in [1.29, 1.82) is 0 Å². The molecule has 0 aliphatic heterocycles. The molecule has 0 saturated carbocycles. The van der Waals surface area contributed by atoms with E-state index in [1.807, 2.05) is 0 Å². The van der Waals surface area contributed by atoms with Crippen LogP contribution in [0.2, 0.25) is 0 Å². The SMILES string of the molecule is C=C(C)CO[C-]=O.[Cl][Pt+].c1ccc(P(c2ccccc2)c2ccccc2)cc1.c1ccc(P(c2ccccc2)c2ccccc2)cc1. The van der Waals surface area contributed by atoms with Crippen molar-refractivity contribution in [2.24, 2.45) is 0 Å². The summed E-state index contributed by atoms with van der Waals surface area (Å²) in [6, 6.07) is 64.7. The molecular weight excluding hydrogens is 817 g/mol. The van der Waals surface area contributed by atoms with Crippen LogP contribution in [0.15, 0.2) is 194 Å². The molecule has 47 heavy (non-hydrogen) atoms. The molecule has 0 heterocycles. The predicted octanol–water partition coefficient (Wildman–Crippen LogP) is 8.22. The van der Waals surface area contributed by atoms with Gasteiger partial charge in [0.2, 0.25) is 0 Å². The Morgan fingerprint density at radius 3 is 0.830 bits per heavy atom. The van der Waals surface area contributed by atoms with E-state index in [1.54, 1.807) is 25.7 Å². The summed E-state index contributed by atoms with van der Waals surface area (Å²) < 4.78 is 4.19. The van der Waals surface area contributed by atoms with Crippen LogP contribution in [0.25, 0.3) is 0 Å². The Hall–Kier alpha value is -3.63. The largest absolute Gasteiger partial charge is 0.0622 e. The zero-order valence-electron chi connectivity index (χ0n) is 26.1. The molecule has 0 N–H and O–H groups in total. The monoisotopic (exact) mass is 853 g/mol. The molecule has 0 aliphatic rings. The Balaban J connectivity index is 0.000000205. The molecule has 0 amide bonds. The summed E-state index contributed by atoms with van der Waals surface area (Å²) in [7, 11) is 3.72. The smallest absolute Gasteiger partial charge is 0.0134 e. The van der Waals surface area contributed by atoms with Crippen molar-refractivity contribution in [1.82, 2.24) is 0 Å². The first-order valence-electron chi connectivity index (χ1n) is 14.8. The Morgan fingerprint density at radius 1 is 0.511 bits per heavy atom. The summed E-state index contributed by atoms with van der Waals surface area (Å²) in [5.74, 6) is 0. The number of benzene rings is 6. The van der Waals surface area contributed by atoms with E-state index in [4.69, 9.17) is 0 Å². The zero-order chi connectivity index (χ0) is 33.5. The molecule has 0 atom stereocenters. The van der Waals surface area contributed by atoms with Crippen LogP contribution < -0.4 is 31.8 Å². The minimum Gasteiger partial charge on any atom is -0.0622 e. The first-order chi connectivity index (χ1) is 23.2. The van der Waals surface area contributed by atoms with E-state index in [-0.39, 0.29) is 6.61 Å². The quantitative estimate of drug-likeness (QED) is 0.0834. The zero-order valence-corrected chi connectivity index (χ0v) is 31.0. The van der Waals surface area contributed by atoms with E-state index in [0.29, 0.717) is 0 Å². The number of carbonyl (C=O) groups excluding carboxylic acids is 1. The molecule has 0 spiro atoms. The third kappa shape index (κ3) is 13.2. The maximum Gasteiger partial charge on any atom is -0.0134 e. The van der Waals surface area contributed by atoms with Gasteiger partial charge in [-0.05, 0) is 60.2 Å². The first-order valence-corrected chi connectivity index (χ1v) is 20.3. The summed E-state index contributed by atoms with van der Waals surface area (Å²) >= 11 is 1.61. The molecule has 6 aromatic rings. The fourth-order valence-corrected chi connectivity index (χ4v) is 9.12. The third-order valence-corrected chi connectivity index (χ3v) is 11.4. The summed E-state index contributed by atoms with van der Waals surface area (Å²) in [6.45, 7) is 6.83. The van der Waals surface area contributed by atoms with E-state index in [9.17, 15) is 4.79 Å². The molecule has 6 aromatic carbocycles. The Labute approximate surface area is 297 Å². The van der Waals surface area contributed by atoms with Gasteiger partial charge in [0.15, 0.2) is 0 Å². The minimum atomic E-state index is -0.446. The summed E-state index contributed by atoms with van der Waals surface area (Å²) in [4.78, 5) is 9.32. The van der Waals surface area contributed by atoms with Crippen molar-refractivity contribution in [3.63, 3.8) is 0 Å². The molecule has 0 aromatic heterocycles. The number of halogens is 1. The second-order valence-electron chi connectivity index (χ2n) is 10.0. The summed E-state index contributed by atoms with van der Waals surface area (Å²) in [5.41, 5.74) is 0.823. The van der Waals surface area contributed by atoms with Crippen molar-refractivity contribution in [2.75, 3.05) is 6.61 Å². The summed E-state index contributed by atoms with van der Waals surface area (Å²) in [5, 5.41) is 8.39. The Morgan fingerprint density at radius 2 is 0.702 bits per heavy atom. The van der Waals surface area contributed by atoms with E-state index in [2.05, 4.69) is 203 Å². The second kappa shape index (κ2) is 22.8. The average Bonchev–Trinajstić information content (AvgIpc) is 3.15. The molecule has 0 unspecified atom stereocenters. The van der Waals surface area contributed by atoms with Crippen molar-refractivity contribution in [3.05, 3.63) is 194 Å². The van der Waals surface area contributed by atoms with Gasteiger partial charge in [-0.1, -0.05) is 195 Å². The van der Waals surface area contributed by atoms with Gasteiger partial charge in [0.25, 0.3) is 0 Å². The standard InChI is InChI=1S/2C18H15P.C5H7O2.ClH.Pt/c2*1-4-10-16(11-5-1)19(17-12-6-2-7-13-17)18-14-8-3-9-15-18;1-5(2)3-7-4-6;;/h2*1-15H;1,3H2,2H3;1H;/q;;-1;;+2/p-1. The minimum absolute atomic E-state index is 0.281. The fraction of sp³-hybridized carbons (Fsp3) is 0.0488. The molecule has 6 rings (SSSR count). The van der Waals surface area contributed by atoms with Gasteiger partial charge < -0.3 is 9.53 Å². The molecular formula is C41H37ClO2P2Pt. The van der Waals surface area contributed by atoms with Crippen molar-refractivity contribution >= 4 is 63.6 Å². The van der Waals surface area contributed by atoms with Gasteiger partial charge in [0.1, 0.15) is 0 Å². The fourth-order valence-electron chi connectivity index (χ4n) is 4.51. The van der Waals surface area contributed by atoms with Gasteiger partial charge in [-0.2, -0.15) is 0 Å². The molecule has 6 heteroatoms. The van der Waals surface area contributed by atoms with Gasteiger partial charge in [-0.3, -0.25) is 0 Å². The van der Waals surface area contributed by atoms with Crippen LogP contribution in [0.3, 0.4) is 0 Å². The van der Waals surface area contributed by atoms with Crippen LogP contribution in [-0.2, 0) is 28.3 Å². The van der Waals surface area contributed by atoms with Crippen LogP contribution in [-0.4, -0.2) is 13.1 Å². The van der Waals surface area contributed by atoms with Crippen LogP contribution >= 0.6 is 25.3 Å². The van der Waals surface area contributed by atoms with Crippen molar-refractivity contribution < 1.29 is 28.3 Å². The molecule has 0 radical (unpaired) electrons. The van der Waals surface area contributed by atoms with Crippen LogP contribution in [0.5, 0.6) is 0 Å². The topological polar surface area (TPSA) is 26.3 Å². The van der Waals surface area contributed by atoms with E-state index >= 15 is 0 Å². The molecule has 240 valence electrons. The average molecular weight is 854 g/mol. The van der Waals surface area contributed by atoms with Gasteiger partial charge in [-0.25, -0.2) is 0 Å². The van der Waals surface area contributed by atoms with Gasteiger partial charge >= 0.3 is 28.2 Å². The molecule has 0 bridgehead atoms. The van der Waals surface area contributed by atoms with Gasteiger partial charge in [-0.15, -0.1) is 0 Å². The van der Waals surface area contributed by atoms with Crippen LogP contribution in [0.1, 0.15) is 6.92 Å². The number of hydrogen-bond acceptors (Lipinski definition) is 2. The number of hydrogen-bond donors (Lipinski definition) is 0. The molecule has 0 aliphatic carbocycles. The van der Waals surface area contributed by atoms with Gasteiger partial charge in [0, 0.05) is 0 Å². The molecule has 2 nitrogen and oxygen atoms in total. The second-order valence-corrected chi connectivity index (χ2v) is 14.5. The van der Waals surface area contributed by atoms with E-state index < -0.39 is 15.8 Å². The third-order valence-electron chi connectivity index (χ3n) is 6.46.